The molecule has 0 aliphatic carbocycles. The van der Waals surface area contributed by atoms with Gasteiger partial charge in [-0.1, -0.05) is 46.3 Å². The van der Waals surface area contributed by atoms with Crippen LogP contribution >= 0.6 is 15.9 Å². The summed E-state index contributed by atoms with van der Waals surface area (Å²) in [6, 6.07) is 10.2. The maximum Gasteiger partial charge on any atom is 1.00 e. The molecular weight excluding hydrogens is 367 g/mol. The van der Waals surface area contributed by atoms with E-state index in [9.17, 15) is 13.0 Å². The van der Waals surface area contributed by atoms with E-state index in [0.29, 0.717) is 12.0 Å². The summed E-state index contributed by atoms with van der Waals surface area (Å²) in [7, 11) is -4.55. The van der Waals surface area contributed by atoms with Gasteiger partial charge in [0.15, 0.2) is 0 Å². The maximum absolute atomic E-state index is 11.3. The predicted octanol–water partition coefficient (Wildman–Crippen LogP) is 0.302. The van der Waals surface area contributed by atoms with Gasteiger partial charge in [0.25, 0.3) is 0 Å². The van der Waals surface area contributed by atoms with Crippen molar-refractivity contribution in [1.82, 2.24) is 0 Å². The molecule has 2 aromatic rings. The van der Waals surface area contributed by atoms with E-state index in [1.807, 2.05) is 12.1 Å². The fraction of sp³-hybridized carbons (Fsp3) is 0.286. The van der Waals surface area contributed by atoms with Crippen LogP contribution in [0, 0.1) is 0 Å². The van der Waals surface area contributed by atoms with Gasteiger partial charge in [-0.2, -0.15) is 0 Å². The fourth-order valence-corrected chi connectivity index (χ4v) is 2.97. The SMILES string of the molecule is O=S(=O)([O-])c1ccc2ccccc2c1OCCCCBr.[Na+]. The normalized spacial score (nSPS) is 11.1. The molecule has 21 heavy (non-hydrogen) atoms. The Kier molecular flexibility index (Phi) is 7.67. The van der Waals surface area contributed by atoms with Crippen LogP contribution in [0.2, 0.25) is 0 Å². The van der Waals surface area contributed by atoms with E-state index < -0.39 is 10.1 Å². The Labute approximate surface area is 155 Å². The smallest absolute Gasteiger partial charge is 0.744 e. The standard InChI is InChI=1S/C14H15BrO4S.Na/c15-9-3-4-10-19-14-12-6-2-1-5-11(12)7-8-13(14)20(16,17)18;/h1-2,5-8H,3-4,9-10H2,(H,16,17,18);/q;+1/p-1. The van der Waals surface area contributed by atoms with Crippen LogP contribution in [-0.4, -0.2) is 24.9 Å². The van der Waals surface area contributed by atoms with Crippen LogP contribution in [0.1, 0.15) is 12.8 Å². The summed E-state index contributed by atoms with van der Waals surface area (Å²) in [4.78, 5) is -0.296. The maximum atomic E-state index is 11.3. The average Bonchev–Trinajstić information content (AvgIpc) is 2.42. The summed E-state index contributed by atoms with van der Waals surface area (Å²) >= 11 is 3.32. The summed E-state index contributed by atoms with van der Waals surface area (Å²) in [6.07, 6.45) is 1.71. The predicted molar refractivity (Wildman–Crippen MR) is 80.4 cm³/mol. The number of fused-ring (bicyclic) bond motifs is 1. The number of unbranched alkanes of at least 4 members (excludes halogenated alkanes) is 1. The zero-order valence-corrected chi connectivity index (χ0v) is 16.1. The summed E-state index contributed by atoms with van der Waals surface area (Å²) in [5.41, 5.74) is 0. The van der Waals surface area contributed by atoms with Crippen molar-refractivity contribution in [3.8, 4) is 5.75 Å². The molecule has 7 heteroatoms. The van der Waals surface area contributed by atoms with Crippen LogP contribution in [0.25, 0.3) is 10.8 Å². The summed E-state index contributed by atoms with van der Waals surface area (Å²) in [6.45, 7) is 0.377. The van der Waals surface area contributed by atoms with Crippen molar-refractivity contribution in [2.75, 3.05) is 11.9 Å². The van der Waals surface area contributed by atoms with Gasteiger partial charge in [0, 0.05) is 10.7 Å². The van der Waals surface area contributed by atoms with Gasteiger partial charge in [-0.05, 0) is 24.3 Å². The first-order valence-corrected chi connectivity index (χ1v) is 8.73. The Morgan fingerprint density at radius 2 is 1.81 bits per heavy atom. The molecule has 0 aliphatic rings. The van der Waals surface area contributed by atoms with E-state index in [1.54, 1.807) is 18.2 Å². The van der Waals surface area contributed by atoms with Gasteiger partial charge in [0.1, 0.15) is 15.9 Å². The van der Waals surface area contributed by atoms with Gasteiger partial charge in [-0.15, -0.1) is 0 Å². The minimum Gasteiger partial charge on any atom is -0.744 e. The number of alkyl halides is 1. The largest absolute Gasteiger partial charge is 1.00 e. The Morgan fingerprint density at radius 1 is 1.10 bits per heavy atom. The Bertz CT molecular complexity index is 703. The van der Waals surface area contributed by atoms with Gasteiger partial charge in [0.2, 0.25) is 0 Å². The second-order valence-corrected chi connectivity index (χ2v) is 6.45. The zero-order chi connectivity index (χ0) is 14.6. The van der Waals surface area contributed by atoms with Crippen molar-refractivity contribution < 1.29 is 47.3 Å². The summed E-state index contributed by atoms with van der Waals surface area (Å²) < 4.78 is 39.6. The quantitative estimate of drug-likeness (QED) is 0.313. The molecular formula is C14H14BrNaO4S. The number of hydrogen-bond acceptors (Lipinski definition) is 4. The third kappa shape index (κ3) is 4.94. The molecule has 0 atom stereocenters. The molecule has 108 valence electrons. The van der Waals surface area contributed by atoms with Gasteiger partial charge in [0.05, 0.1) is 11.5 Å². The van der Waals surface area contributed by atoms with Gasteiger partial charge >= 0.3 is 29.6 Å². The third-order valence-electron chi connectivity index (χ3n) is 2.89. The van der Waals surface area contributed by atoms with Crippen molar-refractivity contribution in [3.63, 3.8) is 0 Å². The molecule has 0 heterocycles. The molecule has 0 radical (unpaired) electrons. The van der Waals surface area contributed by atoms with Crippen molar-refractivity contribution in [3.05, 3.63) is 36.4 Å². The monoisotopic (exact) mass is 380 g/mol. The number of ether oxygens (including phenoxy) is 1. The van der Waals surface area contributed by atoms with Crippen LogP contribution in [0.15, 0.2) is 41.3 Å². The molecule has 0 saturated carbocycles. The molecule has 0 N–H and O–H groups in total. The molecule has 0 amide bonds. The molecule has 0 spiro atoms. The molecule has 0 aliphatic heterocycles. The molecule has 0 aromatic heterocycles. The molecule has 4 nitrogen and oxygen atoms in total. The zero-order valence-electron chi connectivity index (χ0n) is 11.7. The van der Waals surface area contributed by atoms with Gasteiger partial charge in [-0.25, -0.2) is 8.42 Å². The van der Waals surface area contributed by atoms with Crippen LogP contribution in [0.3, 0.4) is 0 Å². The molecule has 0 saturated heterocycles. The summed E-state index contributed by atoms with van der Waals surface area (Å²) in [5, 5.41) is 2.34. The van der Waals surface area contributed by atoms with E-state index in [1.165, 1.54) is 6.07 Å². The molecule has 2 rings (SSSR count). The van der Waals surface area contributed by atoms with Crippen molar-refractivity contribution in [1.29, 1.82) is 0 Å². The number of hydrogen-bond donors (Lipinski definition) is 0. The first-order chi connectivity index (χ1) is 9.54. The number of benzene rings is 2. The summed E-state index contributed by atoms with van der Waals surface area (Å²) in [5.74, 6) is 0.160. The van der Waals surface area contributed by atoms with Gasteiger partial charge < -0.3 is 9.29 Å². The molecule has 0 bridgehead atoms. The molecule has 0 unspecified atom stereocenters. The van der Waals surface area contributed by atoms with Crippen LogP contribution in [0.4, 0.5) is 0 Å². The van der Waals surface area contributed by atoms with Crippen molar-refractivity contribution in [2.45, 2.75) is 17.7 Å². The fourth-order valence-electron chi connectivity index (χ4n) is 1.94. The van der Waals surface area contributed by atoms with E-state index in [2.05, 4.69) is 15.9 Å². The average molecular weight is 381 g/mol. The minimum absolute atomic E-state index is 0. The van der Waals surface area contributed by atoms with E-state index in [-0.39, 0.29) is 40.2 Å². The van der Waals surface area contributed by atoms with E-state index >= 15 is 0 Å². The number of halogens is 1. The van der Waals surface area contributed by atoms with Crippen LogP contribution in [0.5, 0.6) is 5.75 Å². The van der Waals surface area contributed by atoms with Crippen molar-refractivity contribution in [2.24, 2.45) is 0 Å². The van der Waals surface area contributed by atoms with Crippen molar-refractivity contribution >= 4 is 36.8 Å². The molecule has 2 aromatic carbocycles. The second-order valence-electron chi connectivity index (χ2n) is 4.31. The van der Waals surface area contributed by atoms with Crippen LogP contribution in [-0.2, 0) is 10.1 Å². The molecule has 0 fully saturated rings. The van der Waals surface area contributed by atoms with Crippen LogP contribution < -0.4 is 34.3 Å². The Hall–Kier alpha value is -0.110. The Balaban J connectivity index is 0.00000220. The first kappa shape index (κ1) is 18.9. The first-order valence-electron chi connectivity index (χ1n) is 6.20. The minimum atomic E-state index is -4.55. The Morgan fingerprint density at radius 3 is 2.48 bits per heavy atom. The third-order valence-corrected chi connectivity index (χ3v) is 4.31. The van der Waals surface area contributed by atoms with E-state index in [4.69, 9.17) is 4.74 Å². The van der Waals surface area contributed by atoms with Gasteiger partial charge in [-0.3, -0.25) is 0 Å². The number of rotatable bonds is 6. The topological polar surface area (TPSA) is 66.4 Å². The second kappa shape index (κ2) is 8.50. The van der Waals surface area contributed by atoms with E-state index in [0.717, 1.165) is 23.6 Å².